The molecular formula is C13H16N4O4. The number of ether oxygens (including phenoxy) is 1. The first kappa shape index (κ1) is 14.9. The zero-order chi connectivity index (χ0) is 15.6. The Morgan fingerprint density at radius 1 is 1.52 bits per heavy atom. The van der Waals surface area contributed by atoms with Crippen LogP contribution in [0.2, 0.25) is 0 Å². The fraction of sp³-hybridized carbons (Fsp3) is 0.385. The molecule has 0 aliphatic heterocycles. The normalized spacial score (nSPS) is 13.9. The van der Waals surface area contributed by atoms with Crippen molar-refractivity contribution in [3.63, 3.8) is 0 Å². The number of hydrogen-bond acceptors (Lipinski definition) is 7. The first-order valence-electron chi connectivity index (χ1n) is 6.35. The van der Waals surface area contributed by atoms with E-state index in [1.54, 1.807) is 7.11 Å². The monoisotopic (exact) mass is 292 g/mol. The Balaban J connectivity index is 2.40. The molecule has 112 valence electrons. The zero-order valence-electron chi connectivity index (χ0n) is 12.0. The van der Waals surface area contributed by atoms with Crippen LogP contribution in [0.3, 0.4) is 0 Å². The highest BCUT2D eigenvalue weighted by atomic mass is 16.6. The minimum atomic E-state index is -0.655. The smallest absolute Gasteiger partial charge is 0.271 e. The Morgan fingerprint density at radius 3 is 2.76 bits per heavy atom. The molecule has 0 radical (unpaired) electrons. The Morgan fingerprint density at radius 2 is 2.24 bits per heavy atom. The number of aromatic nitrogens is 2. The molecule has 1 aromatic heterocycles. The largest absolute Gasteiger partial charge is 0.398 e. The molecule has 0 bridgehead atoms. The highest BCUT2D eigenvalue weighted by Crippen LogP contribution is 2.31. The van der Waals surface area contributed by atoms with E-state index >= 15 is 0 Å². The van der Waals surface area contributed by atoms with Crippen LogP contribution in [0.4, 0.5) is 11.4 Å². The maximum Gasteiger partial charge on any atom is 0.271 e. The molecule has 0 saturated heterocycles. The summed E-state index contributed by atoms with van der Waals surface area (Å²) in [6.45, 7) is 3.79. The van der Waals surface area contributed by atoms with Crippen LogP contribution in [0.25, 0.3) is 11.5 Å². The Kier molecular flexibility index (Phi) is 3.90. The predicted molar refractivity (Wildman–Crippen MR) is 75.5 cm³/mol. The summed E-state index contributed by atoms with van der Waals surface area (Å²) in [6.07, 6.45) is 0.665. The van der Waals surface area contributed by atoms with E-state index in [1.165, 1.54) is 18.2 Å². The van der Waals surface area contributed by atoms with Crippen molar-refractivity contribution in [1.29, 1.82) is 0 Å². The summed E-state index contributed by atoms with van der Waals surface area (Å²) in [5.41, 5.74) is 5.72. The number of nitro benzene ring substituents is 1. The molecule has 0 spiro atoms. The highest BCUT2D eigenvalue weighted by Gasteiger charge is 2.30. The third-order valence-corrected chi connectivity index (χ3v) is 3.50. The first-order valence-corrected chi connectivity index (χ1v) is 6.35. The number of methoxy groups -OCH3 is 1. The van der Waals surface area contributed by atoms with Gasteiger partial charge in [-0.15, -0.1) is 0 Å². The van der Waals surface area contributed by atoms with Crippen molar-refractivity contribution >= 4 is 11.4 Å². The van der Waals surface area contributed by atoms with Gasteiger partial charge < -0.3 is 15.0 Å². The zero-order valence-corrected chi connectivity index (χ0v) is 12.0. The Hall–Kier alpha value is -2.48. The van der Waals surface area contributed by atoms with Gasteiger partial charge in [-0.3, -0.25) is 10.1 Å². The topological polar surface area (TPSA) is 117 Å². The van der Waals surface area contributed by atoms with Gasteiger partial charge in [0.15, 0.2) is 0 Å². The van der Waals surface area contributed by atoms with Gasteiger partial charge in [0, 0.05) is 19.2 Å². The quantitative estimate of drug-likeness (QED) is 0.511. The summed E-state index contributed by atoms with van der Waals surface area (Å²) in [5, 5.41) is 14.6. The minimum Gasteiger partial charge on any atom is -0.398 e. The third kappa shape index (κ3) is 2.70. The molecule has 0 amide bonds. The molecule has 0 aliphatic rings. The third-order valence-electron chi connectivity index (χ3n) is 3.50. The van der Waals surface area contributed by atoms with Crippen LogP contribution in [0.5, 0.6) is 0 Å². The second-order valence-corrected chi connectivity index (χ2v) is 4.74. The second-order valence-electron chi connectivity index (χ2n) is 4.74. The SMILES string of the molecule is CCC(C)(OC)c1noc(-c2ccc([N+](=O)[O-])cc2N)n1. The van der Waals surface area contributed by atoms with Gasteiger partial charge in [0.05, 0.1) is 16.2 Å². The van der Waals surface area contributed by atoms with Gasteiger partial charge in [-0.05, 0) is 19.4 Å². The van der Waals surface area contributed by atoms with Gasteiger partial charge >= 0.3 is 0 Å². The molecule has 8 heteroatoms. The van der Waals surface area contributed by atoms with Crippen molar-refractivity contribution < 1.29 is 14.2 Å². The number of hydrogen-bond donors (Lipinski definition) is 1. The molecule has 8 nitrogen and oxygen atoms in total. The van der Waals surface area contributed by atoms with Gasteiger partial charge in [0.1, 0.15) is 5.60 Å². The van der Waals surface area contributed by atoms with Crippen molar-refractivity contribution in [3.8, 4) is 11.5 Å². The molecule has 1 aromatic carbocycles. The number of nitrogen functional groups attached to an aromatic ring is 1. The molecule has 0 fully saturated rings. The molecule has 2 aromatic rings. The van der Waals surface area contributed by atoms with Crippen LogP contribution in [-0.4, -0.2) is 22.2 Å². The van der Waals surface area contributed by atoms with Crippen LogP contribution in [0, 0.1) is 10.1 Å². The summed E-state index contributed by atoms with van der Waals surface area (Å²) in [6, 6.07) is 4.08. The lowest BCUT2D eigenvalue weighted by Crippen LogP contribution is -2.24. The molecule has 2 N–H and O–H groups in total. The Labute approximate surface area is 121 Å². The first-order chi connectivity index (χ1) is 9.91. The van der Waals surface area contributed by atoms with Gasteiger partial charge in [0.25, 0.3) is 11.6 Å². The van der Waals surface area contributed by atoms with E-state index in [0.717, 1.165) is 0 Å². The molecular weight excluding hydrogens is 276 g/mol. The Bertz CT molecular complexity index is 664. The van der Waals surface area contributed by atoms with Crippen LogP contribution in [-0.2, 0) is 10.3 Å². The van der Waals surface area contributed by atoms with Crippen molar-refractivity contribution in [3.05, 3.63) is 34.1 Å². The van der Waals surface area contributed by atoms with E-state index in [1.807, 2.05) is 13.8 Å². The predicted octanol–water partition coefficient (Wildman–Crippen LogP) is 2.50. The number of anilines is 1. The van der Waals surface area contributed by atoms with Gasteiger partial charge in [0.2, 0.25) is 5.82 Å². The van der Waals surface area contributed by atoms with Crippen LogP contribution >= 0.6 is 0 Å². The molecule has 0 aliphatic carbocycles. The van der Waals surface area contributed by atoms with Crippen molar-refractivity contribution in [2.24, 2.45) is 0 Å². The molecule has 0 saturated carbocycles. The summed E-state index contributed by atoms with van der Waals surface area (Å²) < 4.78 is 10.6. The van der Waals surface area contributed by atoms with Crippen molar-refractivity contribution in [1.82, 2.24) is 10.1 Å². The van der Waals surface area contributed by atoms with Crippen LogP contribution in [0.1, 0.15) is 26.1 Å². The number of rotatable bonds is 5. The summed E-state index contributed by atoms with van der Waals surface area (Å²) >= 11 is 0. The van der Waals surface area contributed by atoms with E-state index in [0.29, 0.717) is 17.8 Å². The van der Waals surface area contributed by atoms with E-state index in [9.17, 15) is 10.1 Å². The molecule has 2 rings (SSSR count). The maximum absolute atomic E-state index is 10.7. The lowest BCUT2D eigenvalue weighted by Gasteiger charge is -2.21. The minimum absolute atomic E-state index is 0.0914. The van der Waals surface area contributed by atoms with Gasteiger partial charge in [-0.25, -0.2) is 0 Å². The average molecular weight is 292 g/mol. The van der Waals surface area contributed by atoms with Crippen LogP contribution in [0.15, 0.2) is 22.7 Å². The molecule has 1 atom stereocenters. The maximum atomic E-state index is 10.7. The summed E-state index contributed by atoms with van der Waals surface area (Å²) in [7, 11) is 1.57. The van der Waals surface area contributed by atoms with E-state index < -0.39 is 10.5 Å². The van der Waals surface area contributed by atoms with Crippen molar-refractivity contribution in [2.75, 3.05) is 12.8 Å². The fourth-order valence-electron chi connectivity index (χ4n) is 1.80. The lowest BCUT2D eigenvalue weighted by molar-refractivity contribution is -0.384. The second kappa shape index (κ2) is 5.49. The number of nitrogens with zero attached hydrogens (tertiary/aromatic N) is 3. The average Bonchev–Trinajstić information content (AvgIpc) is 2.96. The summed E-state index contributed by atoms with van der Waals surface area (Å²) in [5.74, 6) is 0.606. The molecule has 1 unspecified atom stereocenters. The standard InChI is InChI=1S/C13H16N4O4/c1-4-13(2,20-3)12-15-11(21-16-12)9-6-5-8(17(18)19)7-10(9)14/h5-7H,4,14H2,1-3H3. The van der Waals surface area contributed by atoms with Crippen molar-refractivity contribution in [2.45, 2.75) is 25.9 Å². The van der Waals surface area contributed by atoms with E-state index in [4.69, 9.17) is 15.0 Å². The molecule has 1 heterocycles. The van der Waals surface area contributed by atoms with Crippen LogP contribution < -0.4 is 5.73 Å². The van der Waals surface area contributed by atoms with Gasteiger partial charge in [-0.1, -0.05) is 12.1 Å². The number of non-ortho nitro benzene ring substituents is 1. The number of nitro groups is 1. The fourth-order valence-corrected chi connectivity index (χ4v) is 1.80. The van der Waals surface area contributed by atoms with E-state index in [-0.39, 0.29) is 17.3 Å². The summed E-state index contributed by atoms with van der Waals surface area (Å²) in [4.78, 5) is 14.5. The number of benzene rings is 1. The highest BCUT2D eigenvalue weighted by molar-refractivity contribution is 5.72. The number of nitrogens with two attached hydrogens (primary N) is 1. The lowest BCUT2D eigenvalue weighted by atomic mass is 10.0. The van der Waals surface area contributed by atoms with E-state index in [2.05, 4.69) is 10.1 Å². The molecule has 21 heavy (non-hydrogen) atoms. The van der Waals surface area contributed by atoms with Gasteiger partial charge in [-0.2, -0.15) is 4.98 Å².